The van der Waals surface area contributed by atoms with Crippen LogP contribution in [0.4, 0.5) is 0 Å². The molecule has 4 aromatic rings. The number of rotatable bonds is 5. The fraction of sp³-hybridized carbons (Fsp3) is 0.158. The van der Waals surface area contributed by atoms with E-state index in [1.165, 1.54) is 6.33 Å². The van der Waals surface area contributed by atoms with Crippen molar-refractivity contribution in [2.45, 2.75) is 13.5 Å². The van der Waals surface area contributed by atoms with Gasteiger partial charge in [0.15, 0.2) is 0 Å². The number of nitrogens with one attached hydrogen (secondary N) is 1. The van der Waals surface area contributed by atoms with Crippen molar-refractivity contribution in [3.8, 4) is 5.69 Å². The molecular formula is C19H18N6O. The van der Waals surface area contributed by atoms with E-state index in [2.05, 4.69) is 25.0 Å². The second kappa shape index (κ2) is 6.79. The summed E-state index contributed by atoms with van der Waals surface area (Å²) in [7, 11) is 0. The zero-order valence-corrected chi connectivity index (χ0v) is 14.3. The third kappa shape index (κ3) is 3.06. The van der Waals surface area contributed by atoms with Crippen molar-refractivity contribution in [2.75, 3.05) is 6.54 Å². The van der Waals surface area contributed by atoms with Crippen molar-refractivity contribution in [2.24, 2.45) is 0 Å². The molecule has 26 heavy (non-hydrogen) atoms. The van der Waals surface area contributed by atoms with Gasteiger partial charge in [-0.1, -0.05) is 12.1 Å². The summed E-state index contributed by atoms with van der Waals surface area (Å²) in [6.07, 6.45) is 3.09. The van der Waals surface area contributed by atoms with Gasteiger partial charge in [-0.25, -0.2) is 14.6 Å². The number of hydrogen-bond acceptors (Lipinski definition) is 4. The van der Waals surface area contributed by atoms with Crippen LogP contribution in [0.3, 0.4) is 0 Å². The minimum Gasteiger partial charge on any atom is -0.350 e. The normalized spacial score (nSPS) is 11.0. The lowest BCUT2D eigenvalue weighted by Gasteiger charge is -2.09. The van der Waals surface area contributed by atoms with Gasteiger partial charge >= 0.3 is 0 Å². The molecule has 0 spiro atoms. The number of benzene rings is 2. The topological polar surface area (TPSA) is 77.6 Å². The van der Waals surface area contributed by atoms with Gasteiger partial charge in [-0.3, -0.25) is 4.79 Å². The highest BCUT2D eigenvalue weighted by molar-refractivity contribution is 5.94. The molecule has 0 aliphatic rings. The first-order chi connectivity index (χ1) is 12.7. The Morgan fingerprint density at radius 1 is 1.12 bits per heavy atom. The maximum atomic E-state index is 12.3. The third-order valence-electron chi connectivity index (χ3n) is 4.28. The Kier molecular flexibility index (Phi) is 4.18. The van der Waals surface area contributed by atoms with Gasteiger partial charge in [0.2, 0.25) is 0 Å². The van der Waals surface area contributed by atoms with Crippen LogP contribution in [0.5, 0.6) is 0 Å². The number of amides is 1. The second-order valence-corrected chi connectivity index (χ2v) is 5.94. The first-order valence-electron chi connectivity index (χ1n) is 8.37. The summed E-state index contributed by atoms with van der Waals surface area (Å²) in [6.45, 7) is 3.19. The van der Waals surface area contributed by atoms with E-state index in [1.807, 2.05) is 43.3 Å². The first kappa shape index (κ1) is 16.0. The van der Waals surface area contributed by atoms with Crippen molar-refractivity contribution in [3.63, 3.8) is 0 Å². The van der Waals surface area contributed by atoms with Crippen molar-refractivity contribution in [1.29, 1.82) is 0 Å². The smallest absolute Gasteiger partial charge is 0.251 e. The number of imidazole rings is 1. The van der Waals surface area contributed by atoms with E-state index >= 15 is 0 Å². The van der Waals surface area contributed by atoms with Crippen molar-refractivity contribution in [1.82, 2.24) is 29.6 Å². The lowest BCUT2D eigenvalue weighted by atomic mass is 10.2. The average molecular weight is 346 g/mol. The Bertz CT molecular complexity index is 1030. The molecule has 2 aromatic carbocycles. The Labute approximate surface area is 150 Å². The van der Waals surface area contributed by atoms with Crippen LogP contribution in [0, 0.1) is 6.92 Å². The molecule has 0 fully saturated rings. The molecule has 4 rings (SSSR count). The van der Waals surface area contributed by atoms with E-state index in [-0.39, 0.29) is 5.91 Å². The maximum absolute atomic E-state index is 12.3. The molecule has 0 atom stereocenters. The van der Waals surface area contributed by atoms with Crippen LogP contribution in [-0.4, -0.2) is 36.8 Å². The molecule has 2 aromatic heterocycles. The number of hydrogen-bond donors (Lipinski definition) is 1. The minimum absolute atomic E-state index is 0.0998. The summed E-state index contributed by atoms with van der Waals surface area (Å²) in [6, 6.07) is 15.3. The summed E-state index contributed by atoms with van der Waals surface area (Å²) < 4.78 is 3.76. The molecule has 0 saturated carbocycles. The number of aromatic nitrogens is 5. The number of fused-ring (bicyclic) bond motifs is 1. The van der Waals surface area contributed by atoms with E-state index in [0.29, 0.717) is 18.7 Å². The van der Waals surface area contributed by atoms with Gasteiger partial charge in [-0.05, 0) is 43.3 Å². The SMILES string of the molecule is Cc1nc2ccccc2n1CCNC(=O)c1ccc(-n2cncn2)cc1. The summed E-state index contributed by atoms with van der Waals surface area (Å²) >= 11 is 0. The Morgan fingerprint density at radius 3 is 2.69 bits per heavy atom. The molecule has 7 heteroatoms. The molecular weight excluding hydrogens is 328 g/mol. The first-order valence-corrected chi connectivity index (χ1v) is 8.37. The molecule has 2 heterocycles. The molecule has 1 amide bonds. The highest BCUT2D eigenvalue weighted by Crippen LogP contribution is 2.15. The molecule has 0 bridgehead atoms. The van der Waals surface area contributed by atoms with Gasteiger partial charge in [-0.2, -0.15) is 5.10 Å². The number of nitrogens with zero attached hydrogens (tertiary/aromatic N) is 5. The summed E-state index contributed by atoms with van der Waals surface area (Å²) in [5.74, 6) is 0.842. The average Bonchev–Trinajstić information content (AvgIpc) is 3.30. The number of carbonyl (C=O) groups is 1. The lowest BCUT2D eigenvalue weighted by Crippen LogP contribution is -2.27. The van der Waals surface area contributed by atoms with Crippen LogP contribution in [-0.2, 0) is 6.54 Å². The predicted molar refractivity (Wildman–Crippen MR) is 98.2 cm³/mol. The number of carbonyl (C=O) groups excluding carboxylic acids is 1. The fourth-order valence-corrected chi connectivity index (χ4v) is 2.97. The van der Waals surface area contributed by atoms with Crippen molar-refractivity contribution < 1.29 is 4.79 Å². The second-order valence-electron chi connectivity index (χ2n) is 5.94. The molecule has 0 aliphatic carbocycles. The van der Waals surface area contributed by atoms with Gasteiger partial charge < -0.3 is 9.88 Å². The number of para-hydroxylation sites is 2. The Hall–Kier alpha value is -3.48. The molecule has 0 unspecified atom stereocenters. The molecule has 0 radical (unpaired) electrons. The monoisotopic (exact) mass is 346 g/mol. The molecule has 7 nitrogen and oxygen atoms in total. The predicted octanol–water partition coefficient (Wildman–Crippen LogP) is 2.36. The fourth-order valence-electron chi connectivity index (χ4n) is 2.97. The largest absolute Gasteiger partial charge is 0.350 e. The maximum Gasteiger partial charge on any atom is 0.251 e. The Balaban J connectivity index is 1.40. The zero-order valence-electron chi connectivity index (χ0n) is 14.3. The summed E-state index contributed by atoms with van der Waals surface area (Å²) in [4.78, 5) is 20.8. The van der Waals surface area contributed by atoms with E-state index in [4.69, 9.17) is 0 Å². The van der Waals surface area contributed by atoms with Gasteiger partial charge in [0, 0.05) is 18.7 Å². The number of aryl methyl sites for hydroxylation is 1. The van der Waals surface area contributed by atoms with Crippen molar-refractivity contribution in [3.05, 3.63) is 72.6 Å². The van der Waals surface area contributed by atoms with E-state index in [1.54, 1.807) is 23.1 Å². The summed E-state index contributed by atoms with van der Waals surface area (Å²) in [5.41, 5.74) is 3.53. The lowest BCUT2D eigenvalue weighted by molar-refractivity contribution is 0.0952. The summed E-state index contributed by atoms with van der Waals surface area (Å²) in [5, 5.41) is 7.03. The van der Waals surface area contributed by atoms with Gasteiger partial charge in [0.25, 0.3) is 5.91 Å². The van der Waals surface area contributed by atoms with Crippen LogP contribution >= 0.6 is 0 Å². The highest BCUT2D eigenvalue weighted by atomic mass is 16.1. The van der Waals surface area contributed by atoms with E-state index in [9.17, 15) is 4.79 Å². The van der Waals surface area contributed by atoms with Crippen molar-refractivity contribution >= 4 is 16.9 Å². The standard InChI is InChI=1S/C19H18N6O/c1-14-23-17-4-2-3-5-18(17)24(14)11-10-21-19(26)15-6-8-16(9-7-15)25-13-20-12-22-25/h2-9,12-13H,10-11H2,1H3,(H,21,26). The molecule has 0 aliphatic heterocycles. The minimum atomic E-state index is -0.0998. The van der Waals surface area contributed by atoms with Crippen LogP contribution in [0.25, 0.3) is 16.7 Å². The van der Waals surface area contributed by atoms with E-state index in [0.717, 1.165) is 22.5 Å². The van der Waals surface area contributed by atoms with Crippen LogP contribution in [0.15, 0.2) is 61.2 Å². The van der Waals surface area contributed by atoms with E-state index < -0.39 is 0 Å². The van der Waals surface area contributed by atoms with Gasteiger partial charge in [-0.15, -0.1) is 0 Å². The van der Waals surface area contributed by atoms with Crippen LogP contribution < -0.4 is 5.32 Å². The molecule has 130 valence electrons. The Morgan fingerprint density at radius 2 is 1.92 bits per heavy atom. The van der Waals surface area contributed by atoms with Gasteiger partial charge in [0.1, 0.15) is 18.5 Å². The van der Waals surface area contributed by atoms with Crippen LogP contribution in [0.2, 0.25) is 0 Å². The zero-order chi connectivity index (χ0) is 17.9. The van der Waals surface area contributed by atoms with Gasteiger partial charge in [0.05, 0.1) is 16.7 Å². The third-order valence-corrected chi connectivity index (χ3v) is 4.28. The van der Waals surface area contributed by atoms with Crippen LogP contribution in [0.1, 0.15) is 16.2 Å². The highest BCUT2D eigenvalue weighted by Gasteiger charge is 2.08. The molecule has 1 N–H and O–H groups in total. The quantitative estimate of drug-likeness (QED) is 0.602. The molecule has 0 saturated heterocycles.